The molecule has 0 atom stereocenters. The average molecular weight is 238 g/mol. The molecule has 0 aliphatic carbocycles. The summed E-state index contributed by atoms with van der Waals surface area (Å²) in [6.45, 7) is 4.73. The highest BCUT2D eigenvalue weighted by Gasteiger charge is 2.32. The van der Waals surface area contributed by atoms with Gasteiger partial charge in [-0.2, -0.15) is 0 Å². The van der Waals surface area contributed by atoms with Gasteiger partial charge in [0.1, 0.15) is 0 Å². The van der Waals surface area contributed by atoms with E-state index in [1.165, 1.54) is 0 Å². The maximum atomic E-state index is 9.40. The smallest absolute Gasteiger partial charge is 0.0717 e. The minimum Gasteiger partial charge on any atom is -0.396 e. The Kier molecular flexibility index (Phi) is 5.62. The largest absolute Gasteiger partial charge is 0.396 e. The lowest BCUT2D eigenvalue weighted by atomic mass is 9.79. The van der Waals surface area contributed by atoms with Crippen molar-refractivity contribution in [2.45, 2.75) is 20.5 Å². The van der Waals surface area contributed by atoms with Gasteiger partial charge in [-0.3, -0.25) is 0 Å². The number of ether oxygens (including phenoxy) is 1. The van der Waals surface area contributed by atoms with Crippen LogP contribution < -0.4 is 0 Å². The van der Waals surface area contributed by atoms with Gasteiger partial charge in [-0.25, -0.2) is 0 Å². The number of aliphatic hydroxyl groups is 2. The van der Waals surface area contributed by atoms with Crippen molar-refractivity contribution in [1.82, 2.24) is 0 Å². The van der Waals surface area contributed by atoms with Crippen molar-refractivity contribution >= 4 is 0 Å². The first kappa shape index (κ1) is 14.2. The fourth-order valence-corrected chi connectivity index (χ4v) is 1.62. The van der Waals surface area contributed by atoms with Crippen LogP contribution >= 0.6 is 0 Å². The van der Waals surface area contributed by atoms with Crippen LogP contribution in [0.4, 0.5) is 0 Å². The van der Waals surface area contributed by atoms with Crippen LogP contribution in [0.15, 0.2) is 30.3 Å². The van der Waals surface area contributed by atoms with Gasteiger partial charge in [0.2, 0.25) is 0 Å². The molecule has 3 heteroatoms. The summed E-state index contributed by atoms with van der Waals surface area (Å²) in [6.07, 6.45) is 0. The molecular weight excluding hydrogens is 216 g/mol. The minimum absolute atomic E-state index is 0.0596. The molecule has 17 heavy (non-hydrogen) atoms. The second-order valence-corrected chi connectivity index (χ2v) is 4.81. The summed E-state index contributed by atoms with van der Waals surface area (Å²) >= 11 is 0. The maximum absolute atomic E-state index is 9.40. The molecule has 0 amide bonds. The highest BCUT2D eigenvalue weighted by Crippen LogP contribution is 2.27. The molecule has 0 fully saturated rings. The van der Waals surface area contributed by atoms with Gasteiger partial charge < -0.3 is 14.9 Å². The summed E-state index contributed by atoms with van der Waals surface area (Å²) in [5.41, 5.74) is 0.551. The molecule has 0 aliphatic heterocycles. The topological polar surface area (TPSA) is 49.7 Å². The molecule has 1 rings (SSSR count). The molecular formula is C14H22O3. The van der Waals surface area contributed by atoms with Crippen molar-refractivity contribution in [2.75, 3.05) is 19.8 Å². The summed E-state index contributed by atoms with van der Waals surface area (Å²) in [4.78, 5) is 0. The Labute approximate surface area is 103 Å². The predicted octanol–water partition coefficient (Wildman–Crippen LogP) is 1.83. The Bertz CT molecular complexity index is 305. The first-order valence-corrected chi connectivity index (χ1v) is 5.98. The normalized spacial score (nSPS) is 12.1. The SMILES string of the molecule is CC(C)C(CO)(CO)COCc1ccccc1. The molecule has 1 aromatic carbocycles. The van der Waals surface area contributed by atoms with Crippen LogP contribution in [0.1, 0.15) is 19.4 Å². The number of rotatable bonds is 7. The Morgan fingerprint density at radius 1 is 1.12 bits per heavy atom. The molecule has 0 heterocycles. The van der Waals surface area contributed by atoms with Crippen LogP contribution in [0.2, 0.25) is 0 Å². The summed E-state index contributed by atoms with van der Waals surface area (Å²) in [5.74, 6) is 0.174. The van der Waals surface area contributed by atoms with E-state index in [9.17, 15) is 10.2 Å². The zero-order chi connectivity index (χ0) is 12.7. The molecule has 0 aromatic heterocycles. The molecule has 0 aliphatic rings. The van der Waals surface area contributed by atoms with E-state index in [1.807, 2.05) is 44.2 Å². The third kappa shape index (κ3) is 3.80. The molecule has 0 unspecified atom stereocenters. The first-order valence-electron chi connectivity index (χ1n) is 5.98. The van der Waals surface area contributed by atoms with Crippen LogP contribution in [0.25, 0.3) is 0 Å². The fourth-order valence-electron chi connectivity index (χ4n) is 1.62. The third-order valence-electron chi connectivity index (χ3n) is 3.36. The lowest BCUT2D eigenvalue weighted by Gasteiger charge is -2.33. The second-order valence-electron chi connectivity index (χ2n) is 4.81. The van der Waals surface area contributed by atoms with Crippen LogP contribution in [-0.2, 0) is 11.3 Å². The zero-order valence-corrected chi connectivity index (χ0v) is 10.6. The van der Waals surface area contributed by atoms with Crippen molar-refractivity contribution in [3.63, 3.8) is 0 Å². The summed E-state index contributed by atoms with van der Waals surface area (Å²) in [6, 6.07) is 9.88. The van der Waals surface area contributed by atoms with E-state index in [4.69, 9.17) is 4.74 Å². The van der Waals surface area contributed by atoms with Gasteiger partial charge in [0.15, 0.2) is 0 Å². The minimum atomic E-state index is -0.547. The van der Waals surface area contributed by atoms with E-state index < -0.39 is 5.41 Å². The van der Waals surface area contributed by atoms with E-state index in [2.05, 4.69) is 0 Å². The summed E-state index contributed by atoms with van der Waals surface area (Å²) < 4.78 is 5.61. The Morgan fingerprint density at radius 3 is 2.18 bits per heavy atom. The molecule has 3 nitrogen and oxygen atoms in total. The molecule has 96 valence electrons. The van der Waals surface area contributed by atoms with E-state index in [1.54, 1.807) is 0 Å². The molecule has 0 saturated carbocycles. The van der Waals surface area contributed by atoms with Gasteiger partial charge in [0.25, 0.3) is 0 Å². The fraction of sp³-hybridized carbons (Fsp3) is 0.571. The summed E-state index contributed by atoms with van der Waals surface area (Å²) in [5, 5.41) is 18.8. The summed E-state index contributed by atoms with van der Waals surface area (Å²) in [7, 11) is 0. The number of aliphatic hydroxyl groups excluding tert-OH is 2. The van der Waals surface area contributed by atoms with E-state index in [-0.39, 0.29) is 19.1 Å². The average Bonchev–Trinajstić information content (AvgIpc) is 2.36. The zero-order valence-electron chi connectivity index (χ0n) is 10.6. The van der Waals surface area contributed by atoms with E-state index in [0.29, 0.717) is 13.2 Å². The Hall–Kier alpha value is -0.900. The van der Waals surface area contributed by atoms with Crippen molar-refractivity contribution in [3.8, 4) is 0 Å². The van der Waals surface area contributed by atoms with Gasteiger partial charge in [-0.05, 0) is 11.5 Å². The standard InChI is InChI=1S/C14H22O3/c1-12(2)14(9-15,10-16)11-17-8-13-6-4-3-5-7-13/h3-7,12,15-16H,8-11H2,1-2H3. The monoisotopic (exact) mass is 238 g/mol. The van der Waals surface area contributed by atoms with E-state index >= 15 is 0 Å². The van der Waals surface area contributed by atoms with Crippen molar-refractivity contribution < 1.29 is 14.9 Å². The lowest BCUT2D eigenvalue weighted by molar-refractivity contribution is -0.0601. The maximum Gasteiger partial charge on any atom is 0.0717 e. The van der Waals surface area contributed by atoms with Gasteiger partial charge >= 0.3 is 0 Å². The van der Waals surface area contributed by atoms with Crippen molar-refractivity contribution in [2.24, 2.45) is 11.3 Å². The molecule has 1 aromatic rings. The van der Waals surface area contributed by atoms with Gasteiger partial charge in [-0.1, -0.05) is 44.2 Å². The number of benzene rings is 1. The molecule has 0 bridgehead atoms. The Balaban J connectivity index is 2.48. The predicted molar refractivity (Wildman–Crippen MR) is 67.5 cm³/mol. The quantitative estimate of drug-likeness (QED) is 0.762. The lowest BCUT2D eigenvalue weighted by Crippen LogP contribution is -2.40. The van der Waals surface area contributed by atoms with Gasteiger partial charge in [-0.15, -0.1) is 0 Å². The highest BCUT2D eigenvalue weighted by atomic mass is 16.5. The van der Waals surface area contributed by atoms with Gasteiger partial charge in [0.05, 0.1) is 26.4 Å². The Morgan fingerprint density at radius 2 is 1.71 bits per heavy atom. The number of hydrogen-bond acceptors (Lipinski definition) is 3. The molecule has 0 radical (unpaired) electrons. The molecule has 2 N–H and O–H groups in total. The third-order valence-corrected chi connectivity index (χ3v) is 3.36. The van der Waals surface area contributed by atoms with Crippen LogP contribution in [0.3, 0.4) is 0 Å². The van der Waals surface area contributed by atoms with Crippen LogP contribution in [-0.4, -0.2) is 30.0 Å². The van der Waals surface area contributed by atoms with Crippen LogP contribution in [0.5, 0.6) is 0 Å². The molecule has 0 saturated heterocycles. The van der Waals surface area contributed by atoms with Crippen LogP contribution in [0, 0.1) is 11.3 Å². The molecule has 0 spiro atoms. The first-order chi connectivity index (χ1) is 8.14. The van der Waals surface area contributed by atoms with E-state index in [0.717, 1.165) is 5.56 Å². The second kappa shape index (κ2) is 6.74. The highest BCUT2D eigenvalue weighted by molar-refractivity contribution is 5.13. The van der Waals surface area contributed by atoms with Gasteiger partial charge in [0, 0.05) is 5.41 Å². The van der Waals surface area contributed by atoms with Crippen molar-refractivity contribution in [3.05, 3.63) is 35.9 Å². The number of hydrogen-bond donors (Lipinski definition) is 2. The van der Waals surface area contributed by atoms with Crippen molar-refractivity contribution in [1.29, 1.82) is 0 Å².